The van der Waals surface area contributed by atoms with E-state index in [9.17, 15) is 14.0 Å². The summed E-state index contributed by atoms with van der Waals surface area (Å²) in [5, 5.41) is 5.68. The first-order valence-corrected chi connectivity index (χ1v) is 15.2. The number of amidine groups is 1. The summed E-state index contributed by atoms with van der Waals surface area (Å²) in [5.74, 6) is 0.270. The molecule has 1 aromatic carbocycles. The molecule has 6 nitrogen and oxygen atoms in total. The van der Waals surface area contributed by atoms with Gasteiger partial charge in [-0.05, 0) is 57.2 Å². The van der Waals surface area contributed by atoms with Crippen molar-refractivity contribution in [1.82, 2.24) is 10.2 Å². The van der Waals surface area contributed by atoms with Crippen LogP contribution in [0.4, 0.5) is 14.9 Å². The van der Waals surface area contributed by atoms with E-state index in [0.717, 1.165) is 30.4 Å². The molecule has 3 amide bonds. The quantitative estimate of drug-likeness (QED) is 0.599. The number of hydrogen-bond acceptors (Lipinski definition) is 3. The molecular weight excluding hydrogens is 435 g/mol. The van der Waals surface area contributed by atoms with E-state index in [0.29, 0.717) is 30.1 Å². The third kappa shape index (κ3) is 3.63. The Morgan fingerprint density at radius 1 is 1.09 bits per heavy atom. The third-order valence-electron chi connectivity index (χ3n) is 8.10. The fourth-order valence-corrected chi connectivity index (χ4v) is 7.96. The van der Waals surface area contributed by atoms with Crippen molar-refractivity contribution in [1.29, 1.82) is 0 Å². The molecule has 2 N–H and O–H groups in total. The van der Waals surface area contributed by atoms with E-state index in [-0.39, 0.29) is 22.7 Å². The lowest BCUT2D eigenvalue weighted by atomic mass is 9.83. The Morgan fingerprint density at radius 2 is 1.73 bits per heavy atom. The maximum absolute atomic E-state index is 14.7. The largest absolute Gasteiger partial charge is 0.322 e. The molecule has 2 heterocycles. The number of hydrogen-bond donors (Lipinski definition) is 2. The van der Waals surface area contributed by atoms with Crippen LogP contribution in [0.2, 0.25) is 24.7 Å². The minimum atomic E-state index is -1.70. The van der Waals surface area contributed by atoms with E-state index >= 15 is 0 Å². The molecule has 0 bridgehead atoms. The number of urea groups is 1. The van der Waals surface area contributed by atoms with Crippen LogP contribution in [0.3, 0.4) is 0 Å². The molecule has 0 atom stereocenters. The van der Waals surface area contributed by atoms with Gasteiger partial charge >= 0.3 is 6.03 Å². The second kappa shape index (κ2) is 7.79. The number of carbonyl (C=O) groups excluding carboxylic acids is 2. The van der Waals surface area contributed by atoms with E-state index in [4.69, 9.17) is 0 Å². The van der Waals surface area contributed by atoms with Crippen LogP contribution in [0.5, 0.6) is 0 Å². The number of anilines is 1. The normalized spacial score (nSPS) is 20.8. The minimum Gasteiger partial charge on any atom is -0.311 e. The molecule has 0 aromatic heterocycles. The highest BCUT2D eigenvalue weighted by atomic mass is 28.3. The molecular formula is C25H35FN4O2Si. The molecule has 4 rings (SSSR count). The molecule has 33 heavy (non-hydrogen) atoms. The van der Waals surface area contributed by atoms with Crippen LogP contribution in [0, 0.1) is 19.7 Å². The van der Waals surface area contributed by atoms with Crippen LogP contribution < -0.4 is 10.6 Å². The Hall–Kier alpha value is -2.48. The number of rotatable bonds is 3. The van der Waals surface area contributed by atoms with Gasteiger partial charge in [-0.2, -0.15) is 0 Å². The zero-order chi connectivity index (χ0) is 24.3. The number of aryl methyl sites for hydroxylation is 2. The van der Waals surface area contributed by atoms with Gasteiger partial charge < -0.3 is 15.5 Å². The summed E-state index contributed by atoms with van der Waals surface area (Å²) in [6.07, 6.45) is 2.97. The van der Waals surface area contributed by atoms with Gasteiger partial charge in [-0.25, -0.2) is 9.18 Å². The van der Waals surface area contributed by atoms with Gasteiger partial charge in [0.2, 0.25) is 5.91 Å². The van der Waals surface area contributed by atoms with E-state index in [2.05, 4.69) is 35.3 Å². The molecule has 1 aliphatic carbocycles. The number of aliphatic imine (C=N–C) groups is 1. The fraction of sp³-hybridized carbons (Fsp3) is 0.560. The molecule has 1 aromatic rings. The van der Waals surface area contributed by atoms with E-state index in [1.54, 1.807) is 30.9 Å². The van der Waals surface area contributed by atoms with Crippen molar-refractivity contribution in [3.8, 4) is 0 Å². The number of halogens is 1. The molecule has 1 saturated carbocycles. The van der Waals surface area contributed by atoms with Crippen molar-refractivity contribution >= 4 is 31.5 Å². The number of benzene rings is 1. The average Bonchev–Trinajstić information content (AvgIpc) is 3.18. The molecule has 0 radical (unpaired) electrons. The second-order valence-corrected chi connectivity index (χ2v) is 16.7. The lowest BCUT2D eigenvalue weighted by Gasteiger charge is -2.49. The zero-order valence-corrected chi connectivity index (χ0v) is 21.8. The smallest absolute Gasteiger partial charge is 0.311 e. The summed E-state index contributed by atoms with van der Waals surface area (Å²) in [6, 6.07) is 3.15. The van der Waals surface area contributed by atoms with E-state index in [1.165, 1.54) is 0 Å². The maximum Gasteiger partial charge on any atom is 0.322 e. The lowest BCUT2D eigenvalue weighted by Crippen LogP contribution is -2.55. The lowest BCUT2D eigenvalue weighted by molar-refractivity contribution is -0.125. The van der Waals surface area contributed by atoms with Crippen LogP contribution in [0.1, 0.15) is 44.2 Å². The summed E-state index contributed by atoms with van der Waals surface area (Å²) in [6.45, 7) is 15.0. The van der Waals surface area contributed by atoms with Gasteiger partial charge in [-0.3, -0.25) is 9.79 Å². The highest BCUT2D eigenvalue weighted by Crippen LogP contribution is 2.55. The molecule has 8 heteroatoms. The zero-order valence-electron chi connectivity index (χ0n) is 20.8. The number of nitrogens with zero attached hydrogens (tertiary/aromatic N) is 2. The first-order chi connectivity index (χ1) is 15.3. The minimum absolute atomic E-state index is 0.0820. The predicted molar refractivity (Wildman–Crippen MR) is 133 cm³/mol. The maximum atomic E-state index is 14.7. The SMILES string of the molecule is Cc1ccc(C)c(NC(=O)N2CC3=C(CN=C3NC(=O)C3([Si](C)(C)C)CCC3)C2(C)C)c1F. The van der Waals surface area contributed by atoms with Gasteiger partial charge in [0.25, 0.3) is 0 Å². The van der Waals surface area contributed by atoms with Gasteiger partial charge in [0.05, 0.1) is 32.4 Å². The Bertz CT molecular complexity index is 1100. The number of amides is 3. The van der Waals surface area contributed by atoms with Crippen molar-refractivity contribution in [3.05, 3.63) is 40.2 Å². The summed E-state index contributed by atoms with van der Waals surface area (Å²) >= 11 is 0. The number of nitrogens with one attached hydrogen (secondary N) is 2. The van der Waals surface area contributed by atoms with Crippen LogP contribution in [0.25, 0.3) is 0 Å². The Balaban J connectivity index is 1.53. The molecule has 2 aliphatic heterocycles. The van der Waals surface area contributed by atoms with E-state index in [1.807, 2.05) is 13.8 Å². The molecule has 178 valence electrons. The highest BCUT2D eigenvalue weighted by Gasteiger charge is 2.54. The van der Waals surface area contributed by atoms with Crippen molar-refractivity contribution in [2.45, 2.75) is 77.2 Å². The van der Waals surface area contributed by atoms with Crippen molar-refractivity contribution in [2.24, 2.45) is 4.99 Å². The van der Waals surface area contributed by atoms with Crippen LogP contribution >= 0.6 is 0 Å². The van der Waals surface area contributed by atoms with Gasteiger partial charge in [-0.15, -0.1) is 0 Å². The van der Waals surface area contributed by atoms with Crippen LogP contribution in [0.15, 0.2) is 28.3 Å². The summed E-state index contributed by atoms with van der Waals surface area (Å²) in [7, 11) is -1.70. The van der Waals surface area contributed by atoms with E-state index < -0.39 is 19.4 Å². The molecule has 0 spiro atoms. The molecule has 0 saturated heterocycles. The first-order valence-electron chi connectivity index (χ1n) is 11.7. The molecule has 0 unspecified atom stereocenters. The summed E-state index contributed by atoms with van der Waals surface area (Å²) in [4.78, 5) is 32.9. The second-order valence-electron chi connectivity index (χ2n) is 11.2. The first kappa shape index (κ1) is 23.7. The third-order valence-corrected chi connectivity index (χ3v) is 11.7. The monoisotopic (exact) mass is 470 g/mol. The Morgan fingerprint density at radius 3 is 2.30 bits per heavy atom. The van der Waals surface area contributed by atoms with Crippen molar-refractivity contribution in [2.75, 3.05) is 18.4 Å². The Labute approximate surface area is 196 Å². The van der Waals surface area contributed by atoms with Gasteiger partial charge in [0.1, 0.15) is 11.7 Å². The Kier molecular flexibility index (Phi) is 5.59. The fourth-order valence-electron chi connectivity index (χ4n) is 5.36. The van der Waals surface area contributed by atoms with Crippen LogP contribution in [-0.2, 0) is 4.79 Å². The van der Waals surface area contributed by atoms with Crippen molar-refractivity contribution in [3.63, 3.8) is 0 Å². The number of carbonyl (C=O) groups is 2. The summed E-state index contributed by atoms with van der Waals surface area (Å²) < 4.78 is 14.7. The summed E-state index contributed by atoms with van der Waals surface area (Å²) in [5.41, 5.74) is 2.74. The molecule has 3 aliphatic rings. The molecule has 1 fully saturated rings. The predicted octanol–water partition coefficient (Wildman–Crippen LogP) is 5.16. The standard InChI is InChI=1S/C25H35FN4O2Si/c1-15-9-10-16(2)20(19(15)26)28-23(32)30-14-17-18(24(30,3)4)13-27-21(17)29-22(31)25(11-8-12-25)33(5,6)7/h9-10H,8,11-14H2,1-7H3,(H,28,32)(H,27,29,31). The van der Waals surface area contributed by atoms with Gasteiger partial charge in [0.15, 0.2) is 0 Å². The van der Waals surface area contributed by atoms with Gasteiger partial charge in [-0.1, -0.05) is 38.2 Å². The topological polar surface area (TPSA) is 73.8 Å². The average molecular weight is 471 g/mol. The highest BCUT2D eigenvalue weighted by molar-refractivity contribution is 6.82. The van der Waals surface area contributed by atoms with Crippen LogP contribution in [-0.4, -0.2) is 49.4 Å². The van der Waals surface area contributed by atoms with Crippen molar-refractivity contribution < 1.29 is 14.0 Å². The van der Waals surface area contributed by atoms with Gasteiger partial charge in [0, 0.05) is 10.6 Å².